The van der Waals surface area contributed by atoms with Gasteiger partial charge in [-0.15, -0.1) is 0 Å². The van der Waals surface area contributed by atoms with Crippen molar-refractivity contribution in [3.05, 3.63) is 23.8 Å². The van der Waals surface area contributed by atoms with E-state index in [0.29, 0.717) is 13.0 Å². The van der Waals surface area contributed by atoms with Crippen molar-refractivity contribution in [1.82, 2.24) is 14.9 Å². The lowest BCUT2D eigenvalue weighted by Gasteiger charge is -2.14. The van der Waals surface area contributed by atoms with Gasteiger partial charge in [-0.25, -0.2) is 4.98 Å². The maximum atomic E-state index is 12.0. The Bertz CT molecular complexity index is 444. The first-order valence-electron chi connectivity index (χ1n) is 5.38. The number of hydrogen-bond donors (Lipinski definition) is 1. The normalized spacial score (nSPS) is 19.4. The predicted octanol–water partition coefficient (Wildman–Crippen LogP) is 0.332. The number of aryl methyl sites for hydroxylation is 1. The Morgan fingerprint density at radius 2 is 2.18 bits per heavy atom. The fourth-order valence-electron chi connectivity index (χ4n) is 1.81. The van der Waals surface area contributed by atoms with Gasteiger partial charge < -0.3 is 10.0 Å². The van der Waals surface area contributed by atoms with E-state index in [-0.39, 0.29) is 18.1 Å². The average Bonchev–Trinajstić information content (AvgIpc) is 2.78. The number of likely N-dealkylation sites (tertiary alicyclic amines) is 1. The minimum absolute atomic E-state index is 0.249. The molecule has 0 unspecified atom stereocenters. The fourth-order valence-corrected chi connectivity index (χ4v) is 1.81. The molecule has 1 aromatic heterocycles. The maximum absolute atomic E-state index is 12.0. The minimum atomic E-state index is -0.852. The third-order valence-electron chi connectivity index (χ3n) is 2.82. The highest BCUT2D eigenvalue weighted by Gasteiger charge is 2.31. The molecule has 1 fully saturated rings. The molecular formula is C11H13N3O3. The van der Waals surface area contributed by atoms with Crippen LogP contribution in [0.3, 0.4) is 0 Å². The van der Waals surface area contributed by atoms with Crippen LogP contribution in [-0.2, 0) is 4.79 Å². The van der Waals surface area contributed by atoms with Crippen molar-refractivity contribution in [3.8, 4) is 0 Å². The number of nitrogens with zero attached hydrogens (tertiary/aromatic N) is 3. The zero-order valence-corrected chi connectivity index (χ0v) is 9.46. The average molecular weight is 235 g/mol. The lowest BCUT2D eigenvalue weighted by Crippen LogP contribution is -2.30. The van der Waals surface area contributed by atoms with E-state index in [0.717, 1.165) is 5.69 Å². The van der Waals surface area contributed by atoms with Crippen LogP contribution in [-0.4, -0.2) is 44.9 Å². The molecular weight excluding hydrogens is 222 g/mol. The molecule has 1 amide bonds. The van der Waals surface area contributed by atoms with Crippen molar-refractivity contribution in [2.24, 2.45) is 5.92 Å². The third-order valence-corrected chi connectivity index (χ3v) is 2.82. The van der Waals surface area contributed by atoms with E-state index in [2.05, 4.69) is 9.97 Å². The lowest BCUT2D eigenvalue weighted by molar-refractivity contribution is -0.141. The first kappa shape index (κ1) is 11.5. The van der Waals surface area contributed by atoms with Crippen molar-refractivity contribution in [1.29, 1.82) is 0 Å². The van der Waals surface area contributed by atoms with Crippen molar-refractivity contribution in [2.45, 2.75) is 13.3 Å². The molecule has 90 valence electrons. The largest absolute Gasteiger partial charge is 0.481 e. The summed E-state index contributed by atoms with van der Waals surface area (Å²) in [5, 5.41) is 8.85. The molecule has 0 bridgehead atoms. The van der Waals surface area contributed by atoms with Crippen LogP contribution in [0.25, 0.3) is 0 Å². The van der Waals surface area contributed by atoms with Crippen molar-refractivity contribution in [2.75, 3.05) is 13.1 Å². The van der Waals surface area contributed by atoms with E-state index >= 15 is 0 Å². The van der Waals surface area contributed by atoms with Crippen LogP contribution in [0.15, 0.2) is 12.4 Å². The zero-order chi connectivity index (χ0) is 12.4. The molecule has 0 radical (unpaired) electrons. The summed E-state index contributed by atoms with van der Waals surface area (Å²) in [6, 6.07) is 0. The number of carboxylic acids is 1. The molecule has 6 nitrogen and oxygen atoms in total. The highest BCUT2D eigenvalue weighted by Crippen LogP contribution is 2.17. The number of hydrogen-bond acceptors (Lipinski definition) is 4. The highest BCUT2D eigenvalue weighted by atomic mass is 16.4. The van der Waals surface area contributed by atoms with Crippen LogP contribution < -0.4 is 0 Å². The standard InChI is InChI=1S/C11H13N3O3/c1-7-4-13-9(5-12-7)10(15)14-3-2-8(6-14)11(16)17/h4-5,8H,2-3,6H2,1H3,(H,16,17)/t8-/m1/s1. The van der Waals surface area contributed by atoms with Crippen molar-refractivity contribution < 1.29 is 14.7 Å². The van der Waals surface area contributed by atoms with Gasteiger partial charge in [-0.2, -0.15) is 0 Å². The van der Waals surface area contributed by atoms with Crippen molar-refractivity contribution >= 4 is 11.9 Å². The molecule has 1 N–H and O–H groups in total. The van der Waals surface area contributed by atoms with E-state index in [9.17, 15) is 9.59 Å². The molecule has 17 heavy (non-hydrogen) atoms. The number of amides is 1. The van der Waals surface area contributed by atoms with E-state index in [1.807, 2.05) is 0 Å². The summed E-state index contributed by atoms with van der Waals surface area (Å²) in [4.78, 5) is 32.2. The second-order valence-corrected chi connectivity index (χ2v) is 4.12. The molecule has 0 aromatic carbocycles. The quantitative estimate of drug-likeness (QED) is 0.798. The smallest absolute Gasteiger partial charge is 0.308 e. The number of aromatic nitrogens is 2. The van der Waals surface area contributed by atoms with E-state index in [1.165, 1.54) is 17.3 Å². The molecule has 2 heterocycles. The van der Waals surface area contributed by atoms with E-state index in [1.54, 1.807) is 6.92 Å². The second-order valence-electron chi connectivity index (χ2n) is 4.12. The van der Waals surface area contributed by atoms with Gasteiger partial charge >= 0.3 is 5.97 Å². The molecule has 1 aromatic rings. The molecule has 1 aliphatic heterocycles. The summed E-state index contributed by atoms with van der Waals surface area (Å²) in [6.45, 7) is 2.51. The Labute approximate surface area is 98.3 Å². The molecule has 1 aliphatic rings. The molecule has 0 saturated carbocycles. The van der Waals surface area contributed by atoms with Gasteiger partial charge in [-0.3, -0.25) is 14.6 Å². The lowest BCUT2D eigenvalue weighted by atomic mass is 10.1. The molecule has 1 saturated heterocycles. The van der Waals surface area contributed by atoms with Crippen LogP contribution >= 0.6 is 0 Å². The Morgan fingerprint density at radius 1 is 1.41 bits per heavy atom. The summed E-state index contributed by atoms with van der Waals surface area (Å²) < 4.78 is 0. The monoisotopic (exact) mass is 235 g/mol. The molecule has 0 spiro atoms. The molecule has 0 aliphatic carbocycles. The zero-order valence-electron chi connectivity index (χ0n) is 9.46. The van der Waals surface area contributed by atoms with Crippen LogP contribution in [0, 0.1) is 12.8 Å². The van der Waals surface area contributed by atoms with Gasteiger partial charge in [0.15, 0.2) is 0 Å². The molecule has 1 atom stereocenters. The van der Waals surface area contributed by atoms with Gasteiger partial charge in [-0.1, -0.05) is 0 Å². The second kappa shape index (κ2) is 4.48. The van der Waals surface area contributed by atoms with Crippen molar-refractivity contribution in [3.63, 3.8) is 0 Å². The Balaban J connectivity index is 2.07. The summed E-state index contributed by atoms with van der Waals surface area (Å²) in [5.41, 5.74) is 1.01. The van der Waals surface area contributed by atoms with Gasteiger partial charge in [0.1, 0.15) is 5.69 Å². The van der Waals surface area contributed by atoms with Gasteiger partial charge in [0.05, 0.1) is 17.8 Å². The van der Waals surface area contributed by atoms with Gasteiger partial charge in [0, 0.05) is 19.3 Å². The highest BCUT2D eigenvalue weighted by molar-refractivity contribution is 5.92. The number of rotatable bonds is 2. The SMILES string of the molecule is Cc1cnc(C(=O)N2CC[C@@H](C(=O)O)C2)cn1. The number of carbonyl (C=O) groups is 2. The number of carbonyl (C=O) groups excluding carboxylic acids is 1. The first-order valence-corrected chi connectivity index (χ1v) is 5.38. The third kappa shape index (κ3) is 2.41. The van der Waals surface area contributed by atoms with Crippen LogP contribution in [0.4, 0.5) is 0 Å². The number of carboxylic acid groups (broad SMARTS) is 1. The number of aliphatic carboxylic acids is 1. The first-order chi connectivity index (χ1) is 8.08. The predicted molar refractivity (Wildman–Crippen MR) is 58.4 cm³/mol. The molecule has 2 rings (SSSR count). The Hall–Kier alpha value is -1.98. The molecule has 6 heteroatoms. The van der Waals surface area contributed by atoms with Crippen LogP contribution in [0.2, 0.25) is 0 Å². The summed E-state index contributed by atoms with van der Waals surface area (Å²) in [7, 11) is 0. The summed E-state index contributed by atoms with van der Waals surface area (Å²) in [6.07, 6.45) is 3.45. The summed E-state index contributed by atoms with van der Waals surface area (Å²) >= 11 is 0. The topological polar surface area (TPSA) is 83.4 Å². The van der Waals surface area contributed by atoms with E-state index < -0.39 is 11.9 Å². The Morgan fingerprint density at radius 3 is 2.71 bits per heavy atom. The van der Waals surface area contributed by atoms with E-state index in [4.69, 9.17) is 5.11 Å². The van der Waals surface area contributed by atoms with Crippen LogP contribution in [0.1, 0.15) is 22.6 Å². The van der Waals surface area contributed by atoms with Gasteiger partial charge in [0.25, 0.3) is 5.91 Å². The van der Waals surface area contributed by atoms with Gasteiger partial charge in [-0.05, 0) is 13.3 Å². The fraction of sp³-hybridized carbons (Fsp3) is 0.455. The van der Waals surface area contributed by atoms with Gasteiger partial charge in [0.2, 0.25) is 0 Å². The summed E-state index contributed by atoms with van der Waals surface area (Å²) in [5.74, 6) is -1.56. The van der Waals surface area contributed by atoms with Crippen LogP contribution in [0.5, 0.6) is 0 Å². The minimum Gasteiger partial charge on any atom is -0.481 e. The Kier molecular flexibility index (Phi) is 3.03. The maximum Gasteiger partial charge on any atom is 0.308 e.